The van der Waals surface area contributed by atoms with Crippen molar-refractivity contribution >= 4 is 6.29 Å². The van der Waals surface area contributed by atoms with Gasteiger partial charge in [0.15, 0.2) is 0 Å². The van der Waals surface area contributed by atoms with Crippen LogP contribution in [0.25, 0.3) is 0 Å². The number of carbonyl (C=O) groups excluding carboxylic acids is 1. The Labute approximate surface area is 138 Å². The molecule has 3 nitrogen and oxygen atoms in total. The molecule has 0 radical (unpaired) electrons. The van der Waals surface area contributed by atoms with E-state index >= 15 is 0 Å². The van der Waals surface area contributed by atoms with Crippen LogP contribution in [0.1, 0.15) is 65.2 Å². The summed E-state index contributed by atoms with van der Waals surface area (Å²) in [6, 6.07) is 0. The fourth-order valence-corrected chi connectivity index (χ4v) is 7.63. The lowest BCUT2D eigenvalue weighted by Gasteiger charge is -2.60. The third-order valence-electron chi connectivity index (χ3n) is 8.67. The topological polar surface area (TPSA) is 46.5 Å². The van der Waals surface area contributed by atoms with Crippen LogP contribution in [0, 0.1) is 22.2 Å². The van der Waals surface area contributed by atoms with E-state index in [1.54, 1.807) is 5.57 Å². The Hall–Kier alpha value is -0.670. The van der Waals surface area contributed by atoms with Gasteiger partial charge in [-0.2, -0.15) is 0 Å². The van der Waals surface area contributed by atoms with E-state index in [0.717, 1.165) is 44.9 Å². The highest BCUT2D eigenvalue weighted by atomic mass is 16.6. The van der Waals surface area contributed by atoms with Crippen molar-refractivity contribution in [3.05, 3.63) is 11.6 Å². The number of aliphatic hydroxyl groups is 1. The first kappa shape index (κ1) is 14.7. The Morgan fingerprint density at radius 1 is 1.26 bits per heavy atom. The van der Waals surface area contributed by atoms with Crippen molar-refractivity contribution in [1.82, 2.24) is 0 Å². The third kappa shape index (κ3) is 1.44. The Bertz CT molecular complexity index is 622. The van der Waals surface area contributed by atoms with Crippen molar-refractivity contribution in [2.75, 3.05) is 6.61 Å². The van der Waals surface area contributed by atoms with E-state index in [4.69, 9.17) is 4.74 Å². The first-order chi connectivity index (χ1) is 10.8. The molecule has 5 aliphatic rings. The maximum atomic E-state index is 11.9. The van der Waals surface area contributed by atoms with E-state index < -0.39 is 5.60 Å². The molecule has 6 unspecified atom stereocenters. The summed E-state index contributed by atoms with van der Waals surface area (Å²) < 4.78 is 5.94. The average molecular weight is 316 g/mol. The molecule has 6 atom stereocenters. The molecule has 4 fully saturated rings. The molecular formula is C20H28O3. The normalized spacial score (nSPS) is 60.0. The van der Waals surface area contributed by atoms with Crippen LogP contribution in [0.15, 0.2) is 11.6 Å². The second kappa shape index (κ2) is 3.94. The van der Waals surface area contributed by atoms with Crippen molar-refractivity contribution in [3.63, 3.8) is 0 Å². The van der Waals surface area contributed by atoms with Crippen LogP contribution in [0.5, 0.6) is 0 Å². The Morgan fingerprint density at radius 3 is 2.78 bits per heavy atom. The number of fused-ring (bicyclic) bond motifs is 2. The van der Waals surface area contributed by atoms with Crippen molar-refractivity contribution in [3.8, 4) is 0 Å². The van der Waals surface area contributed by atoms with Gasteiger partial charge in [-0.05, 0) is 61.7 Å². The van der Waals surface area contributed by atoms with Gasteiger partial charge in [-0.25, -0.2) is 0 Å². The quantitative estimate of drug-likeness (QED) is 0.596. The van der Waals surface area contributed by atoms with Crippen LogP contribution in [-0.4, -0.2) is 29.2 Å². The minimum Gasteiger partial charge on any atom is -0.384 e. The molecule has 3 saturated carbocycles. The number of aldehydes is 1. The number of hydrogen-bond donors (Lipinski definition) is 1. The van der Waals surface area contributed by atoms with E-state index in [1.807, 2.05) is 0 Å². The maximum Gasteiger partial charge on any atom is 0.126 e. The smallest absolute Gasteiger partial charge is 0.126 e. The van der Waals surface area contributed by atoms with Gasteiger partial charge in [0.25, 0.3) is 0 Å². The summed E-state index contributed by atoms with van der Waals surface area (Å²) in [5.41, 5.74) is 0.782. The Balaban J connectivity index is 1.61. The Morgan fingerprint density at radius 2 is 2.09 bits per heavy atom. The molecule has 2 bridgehead atoms. The molecule has 23 heavy (non-hydrogen) atoms. The predicted octanol–water partition coefficient (Wildman–Crippen LogP) is 3.40. The summed E-state index contributed by atoms with van der Waals surface area (Å²) in [7, 11) is 0. The average Bonchev–Trinajstić information content (AvgIpc) is 2.63. The van der Waals surface area contributed by atoms with E-state index in [2.05, 4.69) is 19.9 Å². The van der Waals surface area contributed by atoms with Crippen LogP contribution >= 0.6 is 0 Å². The maximum absolute atomic E-state index is 11.9. The molecular weight excluding hydrogens is 288 g/mol. The molecule has 2 spiro atoms. The van der Waals surface area contributed by atoms with E-state index in [0.29, 0.717) is 12.5 Å². The molecule has 126 valence electrons. The second-order valence-electron chi connectivity index (χ2n) is 9.76. The van der Waals surface area contributed by atoms with E-state index in [9.17, 15) is 9.90 Å². The van der Waals surface area contributed by atoms with Gasteiger partial charge in [0, 0.05) is 5.41 Å². The summed E-state index contributed by atoms with van der Waals surface area (Å²) in [4.78, 5) is 11.9. The minimum atomic E-state index is -0.600. The van der Waals surface area contributed by atoms with Gasteiger partial charge in [-0.3, -0.25) is 0 Å². The molecule has 1 aliphatic heterocycles. The minimum absolute atomic E-state index is 0.133. The van der Waals surface area contributed by atoms with Gasteiger partial charge >= 0.3 is 0 Å². The zero-order valence-electron chi connectivity index (χ0n) is 14.4. The molecule has 5 rings (SSSR count). The molecule has 0 aromatic carbocycles. The lowest BCUT2D eigenvalue weighted by molar-refractivity contribution is -0.286. The summed E-state index contributed by atoms with van der Waals surface area (Å²) in [6.45, 7) is 5.11. The zero-order chi connectivity index (χ0) is 16.1. The molecule has 0 aromatic rings. The van der Waals surface area contributed by atoms with Crippen LogP contribution in [-0.2, 0) is 9.53 Å². The highest BCUT2D eigenvalue weighted by molar-refractivity contribution is 5.61. The summed E-state index contributed by atoms with van der Waals surface area (Å²) >= 11 is 0. The molecule has 1 heterocycles. The first-order valence-corrected chi connectivity index (χ1v) is 9.36. The van der Waals surface area contributed by atoms with Crippen LogP contribution in [0.2, 0.25) is 0 Å². The number of ether oxygens (including phenoxy) is 1. The molecule has 0 amide bonds. The standard InChI is InChI=1S/C20H28O3/c1-16(12-21)6-3-7-17(2)14(16)4-8-18-10-19(22)13-23-20(19,11-18)9-5-15(17)18/h5,12,14,22H,3-4,6-11,13H2,1-2H3. The molecule has 0 aromatic heterocycles. The van der Waals surface area contributed by atoms with Gasteiger partial charge in [0.2, 0.25) is 0 Å². The number of allylic oxidation sites excluding steroid dienone is 1. The summed E-state index contributed by atoms with van der Waals surface area (Å²) in [6.07, 6.45) is 12.0. The largest absolute Gasteiger partial charge is 0.384 e. The zero-order valence-corrected chi connectivity index (χ0v) is 14.4. The van der Waals surface area contributed by atoms with Crippen molar-refractivity contribution in [2.45, 2.75) is 76.4 Å². The van der Waals surface area contributed by atoms with Crippen molar-refractivity contribution < 1.29 is 14.6 Å². The summed E-state index contributed by atoms with van der Waals surface area (Å²) in [5, 5.41) is 11.1. The Kier molecular flexibility index (Phi) is 2.51. The highest BCUT2D eigenvalue weighted by Gasteiger charge is 2.74. The molecule has 1 N–H and O–H groups in total. The fourth-order valence-electron chi connectivity index (χ4n) is 7.63. The van der Waals surface area contributed by atoms with Gasteiger partial charge < -0.3 is 14.6 Å². The highest BCUT2D eigenvalue weighted by Crippen LogP contribution is 2.74. The van der Waals surface area contributed by atoms with Gasteiger partial charge in [-0.1, -0.05) is 31.9 Å². The van der Waals surface area contributed by atoms with Crippen molar-refractivity contribution in [2.24, 2.45) is 22.2 Å². The first-order valence-electron chi connectivity index (χ1n) is 9.36. The monoisotopic (exact) mass is 316 g/mol. The second-order valence-corrected chi connectivity index (χ2v) is 9.76. The van der Waals surface area contributed by atoms with Gasteiger partial charge in [0.05, 0.1) is 6.61 Å². The third-order valence-corrected chi connectivity index (χ3v) is 8.67. The number of carbonyl (C=O) groups is 1. The predicted molar refractivity (Wildman–Crippen MR) is 86.9 cm³/mol. The molecule has 4 aliphatic carbocycles. The van der Waals surface area contributed by atoms with Gasteiger partial charge in [0.1, 0.15) is 17.5 Å². The summed E-state index contributed by atoms with van der Waals surface area (Å²) in [5.74, 6) is 0.459. The van der Waals surface area contributed by atoms with Crippen LogP contribution in [0.3, 0.4) is 0 Å². The van der Waals surface area contributed by atoms with E-state index in [-0.39, 0.29) is 21.8 Å². The number of hydrogen-bond acceptors (Lipinski definition) is 3. The lowest BCUT2D eigenvalue weighted by atomic mass is 9.44. The molecule has 1 saturated heterocycles. The van der Waals surface area contributed by atoms with Gasteiger partial charge in [-0.15, -0.1) is 0 Å². The van der Waals surface area contributed by atoms with Crippen molar-refractivity contribution in [1.29, 1.82) is 0 Å². The molecule has 3 heteroatoms. The van der Waals surface area contributed by atoms with E-state index in [1.165, 1.54) is 12.7 Å². The SMILES string of the molecule is CC1(C=O)CCCC2(C)C3=CCC45CC3(CCC12)CC4(O)CO5. The lowest BCUT2D eigenvalue weighted by Crippen LogP contribution is -2.65. The van der Waals surface area contributed by atoms with Crippen LogP contribution < -0.4 is 0 Å². The number of rotatable bonds is 1. The fraction of sp³-hybridized carbons (Fsp3) is 0.850. The van der Waals surface area contributed by atoms with Crippen LogP contribution in [0.4, 0.5) is 0 Å².